The summed E-state index contributed by atoms with van der Waals surface area (Å²) >= 11 is 0. The highest BCUT2D eigenvalue weighted by molar-refractivity contribution is 6.43. The standard InChI is InChI=1S/C67H114N2/c1-5-9-13-17-20-23-26-27-28-29-30-31-32-33-36-39-42-45-49-61-67(69-65-59-53-51-57-63(65)55-47-44-41-38-35-25-22-19-15-11-7-3)66(60-48-16-12-8-4)68-64-58-52-50-56-62(64)54-46-43-40-37-34-24-21-18-14-10-6-2/h37-38,40-41,50-53,56-59H,5-36,39,42-49,54-55,60-61H2,1-4H3. The van der Waals surface area contributed by atoms with Gasteiger partial charge in [-0.15, -0.1) is 0 Å². The normalized spacial score (nSPS) is 12.4. The summed E-state index contributed by atoms with van der Waals surface area (Å²) in [5.74, 6) is 0. The second-order valence-electron chi connectivity index (χ2n) is 21.1. The molecule has 0 N–H and O–H groups in total. The van der Waals surface area contributed by atoms with Gasteiger partial charge in [-0.25, -0.2) is 0 Å². The molecule has 0 aliphatic rings. The smallest absolute Gasteiger partial charge is 0.0665 e. The molecule has 0 saturated heterocycles. The third-order valence-corrected chi connectivity index (χ3v) is 14.5. The van der Waals surface area contributed by atoms with E-state index in [-0.39, 0.29) is 0 Å². The van der Waals surface area contributed by atoms with Gasteiger partial charge in [0, 0.05) is 0 Å². The van der Waals surface area contributed by atoms with Crippen molar-refractivity contribution in [1.29, 1.82) is 0 Å². The Kier molecular flexibility index (Phi) is 44.2. The lowest BCUT2D eigenvalue weighted by Crippen LogP contribution is -2.15. The average molecular weight is 948 g/mol. The summed E-state index contributed by atoms with van der Waals surface area (Å²) in [5.41, 5.74) is 7.61. The van der Waals surface area contributed by atoms with Gasteiger partial charge in [-0.1, -0.05) is 287 Å². The van der Waals surface area contributed by atoms with Crippen LogP contribution in [0.2, 0.25) is 0 Å². The lowest BCUT2D eigenvalue weighted by molar-refractivity contribution is 0.524. The Morgan fingerprint density at radius 2 is 0.536 bits per heavy atom. The first-order chi connectivity index (χ1) is 34.2. The van der Waals surface area contributed by atoms with Crippen molar-refractivity contribution in [2.24, 2.45) is 9.98 Å². The Bertz CT molecular complexity index is 1530. The molecule has 2 heteroatoms. The van der Waals surface area contributed by atoms with E-state index in [4.69, 9.17) is 9.98 Å². The van der Waals surface area contributed by atoms with E-state index >= 15 is 0 Å². The minimum absolute atomic E-state index is 1.01. The number of rotatable bonds is 50. The van der Waals surface area contributed by atoms with Crippen LogP contribution >= 0.6 is 0 Å². The van der Waals surface area contributed by atoms with Crippen LogP contribution in [0.4, 0.5) is 11.4 Å². The first-order valence-corrected chi connectivity index (χ1v) is 30.8. The molecule has 0 amide bonds. The van der Waals surface area contributed by atoms with E-state index in [2.05, 4.69) is 101 Å². The Morgan fingerprint density at radius 1 is 0.290 bits per heavy atom. The van der Waals surface area contributed by atoms with Gasteiger partial charge in [-0.05, 0) is 113 Å². The van der Waals surface area contributed by atoms with E-state index in [1.165, 1.54) is 284 Å². The maximum absolute atomic E-state index is 5.66. The largest absolute Gasteiger partial charge is 0.251 e. The van der Waals surface area contributed by atoms with Crippen molar-refractivity contribution >= 4 is 22.8 Å². The number of unbranched alkanes of at least 4 members (excludes halogenated alkanes) is 35. The zero-order valence-corrected chi connectivity index (χ0v) is 46.6. The molecule has 0 aliphatic heterocycles. The van der Waals surface area contributed by atoms with Gasteiger partial charge in [0.15, 0.2) is 0 Å². The molecule has 0 aromatic heterocycles. The number of benzene rings is 2. The average Bonchev–Trinajstić information content (AvgIpc) is 3.37. The Morgan fingerprint density at radius 3 is 0.855 bits per heavy atom. The van der Waals surface area contributed by atoms with Crippen LogP contribution in [-0.2, 0) is 12.8 Å². The van der Waals surface area contributed by atoms with E-state index in [1.807, 2.05) is 0 Å². The van der Waals surface area contributed by atoms with Gasteiger partial charge in [0.25, 0.3) is 0 Å². The van der Waals surface area contributed by atoms with Gasteiger partial charge in [-0.2, -0.15) is 0 Å². The van der Waals surface area contributed by atoms with Crippen molar-refractivity contribution in [3.05, 3.63) is 84.0 Å². The van der Waals surface area contributed by atoms with E-state index in [1.54, 1.807) is 0 Å². The summed E-state index contributed by atoms with van der Waals surface area (Å²) < 4.78 is 0. The molecular weight excluding hydrogens is 833 g/mol. The highest BCUT2D eigenvalue weighted by Crippen LogP contribution is 2.27. The summed E-state index contributed by atoms with van der Waals surface area (Å²) in [6, 6.07) is 18.1. The minimum Gasteiger partial charge on any atom is -0.251 e. The summed E-state index contributed by atoms with van der Waals surface area (Å²) in [4.78, 5) is 11.3. The number of para-hydroxylation sites is 2. The van der Waals surface area contributed by atoms with E-state index in [0.29, 0.717) is 0 Å². The maximum atomic E-state index is 5.66. The number of hydrogen-bond donors (Lipinski definition) is 0. The molecule has 2 aromatic rings. The lowest BCUT2D eigenvalue weighted by Gasteiger charge is -2.14. The molecule has 2 nitrogen and oxygen atoms in total. The van der Waals surface area contributed by atoms with Gasteiger partial charge < -0.3 is 0 Å². The molecule has 0 heterocycles. The van der Waals surface area contributed by atoms with Crippen molar-refractivity contribution < 1.29 is 0 Å². The van der Waals surface area contributed by atoms with Crippen molar-refractivity contribution in [3.8, 4) is 0 Å². The zero-order valence-electron chi connectivity index (χ0n) is 46.6. The second kappa shape index (κ2) is 48.9. The molecule has 0 aliphatic carbocycles. The van der Waals surface area contributed by atoms with Crippen molar-refractivity contribution in [3.63, 3.8) is 0 Å². The SMILES string of the molecule is CCCCCCCCC=CCCCc1ccccc1N=C(CCCCCC)C(CCCCCCCCCCCCCCCCCCCCC)=Nc1ccccc1CCCC=CCCCCCCCC. The first-order valence-electron chi connectivity index (χ1n) is 30.8. The van der Waals surface area contributed by atoms with E-state index < -0.39 is 0 Å². The molecule has 0 bridgehead atoms. The van der Waals surface area contributed by atoms with Gasteiger partial charge in [0.05, 0.1) is 22.8 Å². The van der Waals surface area contributed by atoms with Crippen LogP contribution in [0.3, 0.4) is 0 Å². The van der Waals surface area contributed by atoms with Crippen LogP contribution in [0.15, 0.2) is 82.8 Å². The molecule has 69 heavy (non-hydrogen) atoms. The molecule has 0 saturated carbocycles. The Hall–Kier alpha value is -2.74. The van der Waals surface area contributed by atoms with Gasteiger partial charge in [-0.3, -0.25) is 9.98 Å². The zero-order chi connectivity index (χ0) is 49.2. The Labute approximate surface area is 431 Å². The molecule has 0 radical (unpaired) electrons. The monoisotopic (exact) mass is 947 g/mol. The number of aryl methyl sites for hydroxylation is 2. The second-order valence-corrected chi connectivity index (χ2v) is 21.1. The summed E-state index contributed by atoms with van der Waals surface area (Å²) in [5, 5.41) is 0. The third kappa shape index (κ3) is 36.8. The number of hydrogen-bond acceptors (Lipinski definition) is 2. The first kappa shape index (κ1) is 62.4. The Balaban J connectivity index is 2.08. The molecule has 2 aromatic carbocycles. The van der Waals surface area contributed by atoms with Crippen LogP contribution < -0.4 is 0 Å². The lowest BCUT2D eigenvalue weighted by atomic mass is 9.99. The van der Waals surface area contributed by atoms with Crippen LogP contribution in [0, 0.1) is 0 Å². The highest BCUT2D eigenvalue weighted by atomic mass is 14.8. The van der Waals surface area contributed by atoms with Crippen molar-refractivity contribution in [1.82, 2.24) is 0 Å². The minimum atomic E-state index is 1.01. The molecule has 0 spiro atoms. The van der Waals surface area contributed by atoms with Gasteiger partial charge in [0.2, 0.25) is 0 Å². The quantitative estimate of drug-likeness (QED) is 0.0359. The number of aliphatic imine (C=N–C) groups is 2. The summed E-state index contributed by atoms with van der Waals surface area (Å²) in [6.45, 7) is 9.24. The van der Waals surface area contributed by atoms with Gasteiger partial charge in [0.1, 0.15) is 0 Å². The number of allylic oxidation sites excluding steroid dienone is 4. The van der Waals surface area contributed by atoms with E-state index in [9.17, 15) is 0 Å². The van der Waals surface area contributed by atoms with Crippen LogP contribution in [-0.4, -0.2) is 11.4 Å². The highest BCUT2D eigenvalue weighted by Gasteiger charge is 2.14. The predicted octanol–water partition coefficient (Wildman–Crippen LogP) is 23.6. The third-order valence-electron chi connectivity index (χ3n) is 14.5. The van der Waals surface area contributed by atoms with Gasteiger partial charge >= 0.3 is 0 Å². The molecule has 2 rings (SSSR count). The fraction of sp³-hybridized carbons (Fsp3) is 0.731. The maximum Gasteiger partial charge on any atom is 0.0665 e. The predicted molar refractivity (Wildman–Crippen MR) is 314 cm³/mol. The van der Waals surface area contributed by atoms with Crippen molar-refractivity contribution in [2.45, 2.75) is 317 Å². The van der Waals surface area contributed by atoms with Crippen LogP contribution in [0.5, 0.6) is 0 Å². The fourth-order valence-corrected chi connectivity index (χ4v) is 9.95. The molecular formula is C67H114N2. The molecule has 0 fully saturated rings. The van der Waals surface area contributed by atoms with Crippen molar-refractivity contribution in [2.75, 3.05) is 0 Å². The topological polar surface area (TPSA) is 24.7 Å². The van der Waals surface area contributed by atoms with E-state index in [0.717, 1.165) is 38.5 Å². The molecule has 0 unspecified atom stereocenters. The van der Waals surface area contributed by atoms with Crippen LogP contribution in [0.1, 0.15) is 315 Å². The van der Waals surface area contributed by atoms with Crippen LogP contribution in [0.25, 0.3) is 0 Å². The summed E-state index contributed by atoms with van der Waals surface area (Å²) in [6.07, 6.45) is 69.3. The molecule has 0 atom stereocenters. The summed E-state index contributed by atoms with van der Waals surface area (Å²) in [7, 11) is 0. The fourth-order valence-electron chi connectivity index (χ4n) is 9.95. The number of nitrogens with zero attached hydrogens (tertiary/aromatic N) is 2. The molecule has 392 valence electrons.